The van der Waals surface area contributed by atoms with E-state index in [2.05, 4.69) is 50.4 Å². The Kier molecular flexibility index (Phi) is 7.49. The number of carbonyl (C=O) groups excluding carboxylic acids is 1. The van der Waals surface area contributed by atoms with Crippen LogP contribution in [-0.4, -0.2) is 52.1 Å². The van der Waals surface area contributed by atoms with Crippen LogP contribution in [0.15, 0.2) is 24.3 Å². The molecule has 4 aliphatic carbocycles. The second kappa shape index (κ2) is 10.2. The van der Waals surface area contributed by atoms with Gasteiger partial charge >= 0.3 is 0 Å². The fraction of sp³-hybridized carbons (Fsp3) is 0.767. The van der Waals surface area contributed by atoms with Gasteiger partial charge in [-0.25, -0.2) is 0 Å². The molecule has 1 saturated heterocycles. The highest BCUT2D eigenvalue weighted by Gasteiger charge is 2.57. The summed E-state index contributed by atoms with van der Waals surface area (Å²) < 4.78 is 0. The molecule has 1 aromatic carbocycles. The highest BCUT2D eigenvalue weighted by atomic mass is 16.7. The van der Waals surface area contributed by atoms with Crippen LogP contribution in [-0.2, 0) is 21.7 Å². The van der Waals surface area contributed by atoms with Crippen LogP contribution in [0, 0.1) is 29.1 Å². The number of nitrogens with zero attached hydrogens (tertiary/aromatic N) is 1. The molecular formula is C30H47N3O4. The number of carbonyl (C=O) groups is 1. The minimum Gasteiger partial charge on any atom is -0.394 e. The molecule has 1 unspecified atom stereocenters. The predicted molar refractivity (Wildman–Crippen MR) is 143 cm³/mol. The number of nitrogens with one attached hydrogen (secondary N) is 1. The predicted octanol–water partition coefficient (Wildman–Crippen LogP) is 3.47. The summed E-state index contributed by atoms with van der Waals surface area (Å²) in [5.41, 5.74) is 9.00. The average Bonchev–Trinajstić information content (AvgIpc) is 3.24. The van der Waals surface area contributed by atoms with Crippen LogP contribution in [0.3, 0.4) is 0 Å². The molecule has 8 atom stereocenters. The Morgan fingerprint density at radius 3 is 2.43 bits per heavy atom. The zero-order valence-electron chi connectivity index (χ0n) is 23.0. The van der Waals surface area contributed by atoms with E-state index in [0.717, 1.165) is 30.4 Å². The van der Waals surface area contributed by atoms with E-state index in [1.54, 1.807) is 12.0 Å². The van der Waals surface area contributed by atoms with Gasteiger partial charge in [0.2, 0.25) is 5.91 Å². The molecule has 6 rings (SSSR count). The van der Waals surface area contributed by atoms with Crippen LogP contribution in [0.1, 0.15) is 83.8 Å². The van der Waals surface area contributed by atoms with Gasteiger partial charge in [-0.2, -0.15) is 5.06 Å². The summed E-state index contributed by atoms with van der Waals surface area (Å²) >= 11 is 0. The number of hydroxylamine groups is 2. The summed E-state index contributed by atoms with van der Waals surface area (Å²) in [4.78, 5) is 19.9. The molecule has 1 aliphatic heterocycles. The van der Waals surface area contributed by atoms with Crippen molar-refractivity contribution in [2.45, 2.75) is 109 Å². The smallest absolute Gasteiger partial charge is 0.240 e. The van der Waals surface area contributed by atoms with Gasteiger partial charge in [-0.3, -0.25) is 9.63 Å². The maximum Gasteiger partial charge on any atom is 0.240 e. The Morgan fingerprint density at radius 2 is 1.86 bits per heavy atom. The van der Waals surface area contributed by atoms with Crippen molar-refractivity contribution in [3.05, 3.63) is 35.4 Å². The highest BCUT2D eigenvalue weighted by Crippen LogP contribution is 2.61. The molecule has 2 bridgehead atoms. The van der Waals surface area contributed by atoms with E-state index in [-0.39, 0.29) is 24.1 Å². The van der Waals surface area contributed by atoms with Gasteiger partial charge in [0.1, 0.15) is 12.1 Å². The Hall–Kier alpha value is -1.51. The van der Waals surface area contributed by atoms with Gasteiger partial charge in [-0.15, -0.1) is 0 Å². The largest absolute Gasteiger partial charge is 0.394 e. The number of hydrogen-bond donors (Lipinski definition) is 4. The van der Waals surface area contributed by atoms with Gasteiger partial charge in [0.05, 0.1) is 19.3 Å². The van der Waals surface area contributed by atoms with Gasteiger partial charge in [-0.1, -0.05) is 64.3 Å². The summed E-state index contributed by atoms with van der Waals surface area (Å²) in [5.74, 6) is 1.05. The lowest BCUT2D eigenvalue weighted by atomic mass is 9.45. The van der Waals surface area contributed by atoms with Crippen LogP contribution in [0.25, 0.3) is 0 Å². The van der Waals surface area contributed by atoms with Crippen LogP contribution < -0.4 is 11.1 Å². The third-order valence-electron chi connectivity index (χ3n) is 10.7. The molecule has 5 fully saturated rings. The lowest BCUT2D eigenvalue weighted by Gasteiger charge is -2.62. The van der Waals surface area contributed by atoms with Crippen molar-refractivity contribution in [3.8, 4) is 0 Å². The van der Waals surface area contributed by atoms with E-state index in [1.165, 1.54) is 25.7 Å². The van der Waals surface area contributed by atoms with E-state index in [0.29, 0.717) is 29.7 Å². The Morgan fingerprint density at radius 1 is 1.19 bits per heavy atom. The summed E-state index contributed by atoms with van der Waals surface area (Å²) in [5, 5.41) is 25.7. The van der Waals surface area contributed by atoms with Crippen molar-refractivity contribution >= 4 is 5.91 Å². The number of aliphatic hydroxyl groups excluding tert-OH is 2. The Balaban J connectivity index is 1.32. The van der Waals surface area contributed by atoms with E-state index >= 15 is 0 Å². The lowest BCUT2D eigenvalue weighted by molar-refractivity contribution is -0.183. The number of fused-ring (bicyclic) bond motifs is 2. The third-order valence-corrected chi connectivity index (χ3v) is 10.7. The number of amides is 1. The Labute approximate surface area is 222 Å². The van der Waals surface area contributed by atoms with Gasteiger partial charge < -0.3 is 21.3 Å². The molecule has 7 nitrogen and oxygen atoms in total. The fourth-order valence-electron chi connectivity index (χ4n) is 8.08. The van der Waals surface area contributed by atoms with Crippen molar-refractivity contribution < 1.29 is 19.8 Å². The maximum absolute atomic E-state index is 13.8. The van der Waals surface area contributed by atoms with E-state index in [9.17, 15) is 15.0 Å². The molecule has 0 spiro atoms. The highest BCUT2D eigenvalue weighted by molar-refractivity contribution is 5.82. The van der Waals surface area contributed by atoms with Crippen molar-refractivity contribution in [2.75, 3.05) is 6.61 Å². The van der Waals surface area contributed by atoms with Gasteiger partial charge in [-0.05, 0) is 66.9 Å². The summed E-state index contributed by atoms with van der Waals surface area (Å²) in [6, 6.07) is 7.82. The fourth-order valence-corrected chi connectivity index (χ4v) is 8.08. The minimum absolute atomic E-state index is 0.113. The zero-order valence-corrected chi connectivity index (χ0v) is 23.0. The molecule has 1 amide bonds. The standard InChI is InChI=1S/C30H47N3O4/c1-18-23-14-22(29(23,3)4)15-24(18)32-28(36)27-26(19(2)35)25(17-34)37-33(27)16-20-8-10-21(11-9-20)30(31)12-6-5-7-13-30/h8-11,18-19,22-27,34-35H,5-7,12-17,31H2,1-4H3,(H,32,36)/t18-,19-,22+,23-,24-,25-,26?,27-/m0/s1. The second-order valence-electron chi connectivity index (χ2n) is 13.1. The Bertz CT molecular complexity index is 958. The minimum atomic E-state index is -0.792. The maximum atomic E-state index is 13.8. The second-order valence-corrected chi connectivity index (χ2v) is 13.1. The quantitative estimate of drug-likeness (QED) is 0.445. The molecule has 1 aromatic rings. The first-order valence-electron chi connectivity index (χ1n) is 14.5. The molecule has 1 heterocycles. The van der Waals surface area contributed by atoms with E-state index in [1.807, 2.05) is 0 Å². The first-order valence-corrected chi connectivity index (χ1v) is 14.5. The van der Waals surface area contributed by atoms with Crippen molar-refractivity contribution in [2.24, 2.45) is 34.8 Å². The normalized spacial score (nSPS) is 37.5. The van der Waals surface area contributed by atoms with E-state index in [4.69, 9.17) is 10.6 Å². The number of hydrogen-bond acceptors (Lipinski definition) is 6. The van der Waals surface area contributed by atoms with Crippen LogP contribution >= 0.6 is 0 Å². The molecule has 5 N–H and O–H groups in total. The summed E-state index contributed by atoms with van der Waals surface area (Å²) in [7, 11) is 0. The first kappa shape index (κ1) is 27.1. The van der Waals surface area contributed by atoms with Gasteiger partial charge in [0.25, 0.3) is 0 Å². The molecule has 0 aromatic heterocycles. The number of benzene rings is 1. The lowest BCUT2D eigenvalue weighted by Crippen LogP contribution is -2.62. The van der Waals surface area contributed by atoms with Crippen molar-refractivity contribution in [1.29, 1.82) is 0 Å². The monoisotopic (exact) mass is 513 g/mol. The first-order chi connectivity index (χ1) is 17.5. The number of rotatable bonds is 7. The molecule has 0 radical (unpaired) electrons. The third kappa shape index (κ3) is 4.87. The van der Waals surface area contributed by atoms with Gasteiger partial charge in [0.15, 0.2) is 0 Å². The van der Waals surface area contributed by atoms with Crippen LogP contribution in [0.5, 0.6) is 0 Å². The number of aliphatic hydroxyl groups is 2. The molecular weight excluding hydrogens is 466 g/mol. The molecule has 7 heteroatoms. The summed E-state index contributed by atoms with van der Waals surface area (Å²) in [6.07, 6.45) is 6.43. The summed E-state index contributed by atoms with van der Waals surface area (Å²) in [6.45, 7) is 8.80. The molecule has 206 valence electrons. The average molecular weight is 514 g/mol. The van der Waals surface area contributed by atoms with Crippen LogP contribution in [0.4, 0.5) is 0 Å². The topological polar surface area (TPSA) is 108 Å². The van der Waals surface area contributed by atoms with E-state index < -0.39 is 24.2 Å². The van der Waals surface area contributed by atoms with Crippen LogP contribution in [0.2, 0.25) is 0 Å². The van der Waals surface area contributed by atoms with Crippen molar-refractivity contribution in [3.63, 3.8) is 0 Å². The number of nitrogens with two attached hydrogens (primary N) is 1. The molecule has 4 saturated carbocycles. The zero-order chi connectivity index (χ0) is 26.5. The van der Waals surface area contributed by atoms with Crippen molar-refractivity contribution in [1.82, 2.24) is 10.4 Å². The molecule has 5 aliphatic rings. The SMILES string of the molecule is C[C@@H]1[C@@H](NC(=O)[C@@H]2C([C@H](C)O)[C@H](CO)ON2Cc2ccc(C3(N)CCCCC3)cc2)C[C@H]2C[C@@H]1C2(C)C. The molecule has 37 heavy (non-hydrogen) atoms. The van der Waals surface area contributed by atoms with Gasteiger partial charge in [0, 0.05) is 17.5 Å².